The van der Waals surface area contributed by atoms with Gasteiger partial charge < -0.3 is 9.64 Å². The third-order valence-electron chi connectivity index (χ3n) is 6.21. The van der Waals surface area contributed by atoms with Crippen LogP contribution in [0.4, 0.5) is 24.7 Å². The second-order valence-corrected chi connectivity index (χ2v) is 8.89. The van der Waals surface area contributed by atoms with Gasteiger partial charge in [0, 0.05) is 24.2 Å². The van der Waals surface area contributed by atoms with Crippen molar-refractivity contribution >= 4 is 28.9 Å². The lowest BCUT2D eigenvalue weighted by Gasteiger charge is -2.40. The van der Waals surface area contributed by atoms with Crippen LogP contribution >= 0.6 is 11.6 Å². The van der Waals surface area contributed by atoms with Gasteiger partial charge in [0.25, 0.3) is 0 Å². The second kappa shape index (κ2) is 8.63. The molecule has 2 aliphatic rings. The Balaban J connectivity index is 1.44. The van der Waals surface area contributed by atoms with E-state index in [0.717, 1.165) is 17.5 Å². The molecule has 0 N–H and O–H groups in total. The Bertz CT molecular complexity index is 1230. The number of benzene rings is 1. The number of fused-ring (bicyclic) bond motifs is 1. The molecule has 6 nitrogen and oxygen atoms in total. The van der Waals surface area contributed by atoms with Crippen LogP contribution in [0.15, 0.2) is 48.7 Å². The molecule has 2 aliphatic heterocycles. The first-order valence-corrected chi connectivity index (χ1v) is 11.2. The van der Waals surface area contributed by atoms with Gasteiger partial charge in [0.05, 0.1) is 30.3 Å². The number of ketones is 1. The standard InChI is InChI=1S/C24H20ClF3N4O2/c25-16-5-3-15(4-6-16)12-20(33)23(13-34-14-23)19-8-7-18-17(30-19)2-1-11-32(18)21-9-10-29-22(31-21)24(26,27)28/h3-10H,1-2,11-14H2. The van der Waals surface area contributed by atoms with E-state index in [4.69, 9.17) is 21.3 Å². The number of rotatable bonds is 5. The van der Waals surface area contributed by atoms with E-state index in [0.29, 0.717) is 35.8 Å². The van der Waals surface area contributed by atoms with Crippen molar-refractivity contribution in [2.75, 3.05) is 24.7 Å². The van der Waals surface area contributed by atoms with Gasteiger partial charge in [-0.05, 0) is 48.7 Å². The second-order valence-electron chi connectivity index (χ2n) is 8.46. The normalized spacial score (nSPS) is 17.1. The van der Waals surface area contributed by atoms with E-state index in [1.165, 1.54) is 6.07 Å². The number of nitrogens with zero attached hydrogens (tertiary/aromatic N) is 4. The zero-order valence-electron chi connectivity index (χ0n) is 18.0. The van der Waals surface area contributed by atoms with E-state index in [2.05, 4.69) is 9.97 Å². The van der Waals surface area contributed by atoms with E-state index in [1.54, 1.807) is 23.1 Å². The number of aromatic nitrogens is 3. The fourth-order valence-corrected chi connectivity index (χ4v) is 4.43. The van der Waals surface area contributed by atoms with Gasteiger partial charge in [0.2, 0.25) is 5.82 Å². The molecule has 1 aromatic carbocycles. The van der Waals surface area contributed by atoms with E-state index < -0.39 is 17.4 Å². The molecule has 0 bridgehead atoms. The highest BCUT2D eigenvalue weighted by molar-refractivity contribution is 6.30. The maximum Gasteiger partial charge on any atom is 0.451 e. The van der Waals surface area contributed by atoms with Crippen molar-refractivity contribution in [3.63, 3.8) is 0 Å². The summed E-state index contributed by atoms with van der Waals surface area (Å²) >= 11 is 5.94. The molecule has 4 heterocycles. The zero-order chi connectivity index (χ0) is 23.9. The maximum absolute atomic E-state index is 13.3. The Hall–Kier alpha value is -3.04. The third kappa shape index (κ3) is 4.14. The van der Waals surface area contributed by atoms with E-state index in [-0.39, 0.29) is 31.2 Å². The van der Waals surface area contributed by atoms with Gasteiger partial charge in [0.15, 0.2) is 5.78 Å². The van der Waals surface area contributed by atoms with Crippen LogP contribution in [-0.4, -0.2) is 40.5 Å². The molecule has 2 aromatic heterocycles. The number of ether oxygens (including phenoxy) is 1. The Kier molecular flexibility index (Phi) is 5.77. The minimum atomic E-state index is -4.63. The number of carbonyl (C=O) groups is 1. The van der Waals surface area contributed by atoms with E-state index >= 15 is 0 Å². The predicted octanol–water partition coefficient (Wildman–Crippen LogP) is 4.71. The number of hydrogen-bond donors (Lipinski definition) is 0. The maximum atomic E-state index is 13.3. The number of Topliss-reactive ketones (excluding diaryl/α,β-unsaturated/α-hetero) is 1. The first-order valence-electron chi connectivity index (χ1n) is 10.8. The summed E-state index contributed by atoms with van der Waals surface area (Å²) in [6.07, 6.45) is -1.95. The quantitative estimate of drug-likeness (QED) is 0.518. The van der Waals surface area contributed by atoms with Gasteiger partial charge in [-0.15, -0.1) is 0 Å². The third-order valence-corrected chi connectivity index (χ3v) is 6.46. The number of anilines is 2. The highest BCUT2D eigenvalue weighted by atomic mass is 35.5. The van der Waals surface area contributed by atoms with Crippen LogP contribution in [0.1, 0.15) is 29.2 Å². The van der Waals surface area contributed by atoms with Crippen LogP contribution in [0.2, 0.25) is 5.02 Å². The molecule has 5 rings (SSSR count). The average molecular weight is 489 g/mol. The lowest BCUT2D eigenvalue weighted by atomic mass is 9.75. The summed E-state index contributed by atoms with van der Waals surface area (Å²) in [6.45, 7) is 0.998. The molecule has 0 radical (unpaired) electrons. The van der Waals surface area contributed by atoms with Crippen LogP contribution in [0, 0.1) is 0 Å². The van der Waals surface area contributed by atoms with Crippen molar-refractivity contribution in [2.24, 2.45) is 0 Å². The number of alkyl halides is 3. The first-order chi connectivity index (χ1) is 16.3. The monoisotopic (exact) mass is 488 g/mol. The Labute approximate surface area is 198 Å². The molecule has 0 unspecified atom stereocenters. The molecule has 0 atom stereocenters. The molecule has 1 fully saturated rings. The van der Waals surface area contributed by atoms with Gasteiger partial charge in [-0.1, -0.05) is 23.7 Å². The summed E-state index contributed by atoms with van der Waals surface area (Å²) < 4.78 is 44.8. The van der Waals surface area contributed by atoms with Crippen LogP contribution in [0.25, 0.3) is 0 Å². The minimum Gasteiger partial charge on any atom is -0.378 e. The number of aryl methyl sites for hydroxylation is 1. The van der Waals surface area contributed by atoms with Gasteiger partial charge in [0.1, 0.15) is 11.2 Å². The molecule has 34 heavy (non-hydrogen) atoms. The minimum absolute atomic E-state index is 0.00630. The molecule has 0 amide bonds. The van der Waals surface area contributed by atoms with Crippen molar-refractivity contribution in [1.82, 2.24) is 15.0 Å². The summed E-state index contributed by atoms with van der Waals surface area (Å²) in [7, 11) is 0. The SMILES string of the molecule is O=C(Cc1ccc(Cl)cc1)C1(c2ccc3c(n2)CCCN3c2ccnc(C(F)(F)F)n2)COC1. The van der Waals surface area contributed by atoms with Crippen LogP contribution in [0.5, 0.6) is 0 Å². The van der Waals surface area contributed by atoms with Gasteiger partial charge in [-0.25, -0.2) is 9.97 Å². The lowest BCUT2D eigenvalue weighted by molar-refractivity contribution is -0.145. The van der Waals surface area contributed by atoms with Crippen LogP contribution < -0.4 is 4.90 Å². The fraction of sp³-hybridized carbons (Fsp3) is 0.333. The molecule has 3 aromatic rings. The largest absolute Gasteiger partial charge is 0.451 e. The number of pyridine rings is 1. The Morgan fingerprint density at radius 1 is 1.09 bits per heavy atom. The van der Waals surface area contributed by atoms with Crippen LogP contribution in [-0.2, 0) is 34.0 Å². The van der Waals surface area contributed by atoms with E-state index in [9.17, 15) is 18.0 Å². The molecular formula is C24H20ClF3N4O2. The molecule has 176 valence electrons. The van der Waals surface area contributed by atoms with Gasteiger partial charge in [-0.2, -0.15) is 13.2 Å². The molecule has 0 saturated carbocycles. The number of carbonyl (C=O) groups excluding carboxylic acids is 1. The smallest absolute Gasteiger partial charge is 0.378 e. The van der Waals surface area contributed by atoms with Crippen molar-refractivity contribution in [1.29, 1.82) is 0 Å². The number of hydrogen-bond acceptors (Lipinski definition) is 6. The summed E-state index contributed by atoms with van der Waals surface area (Å²) in [5, 5.41) is 0.602. The van der Waals surface area contributed by atoms with Crippen molar-refractivity contribution < 1.29 is 22.7 Å². The van der Waals surface area contributed by atoms with Crippen molar-refractivity contribution in [3.05, 3.63) is 76.5 Å². The first kappa shape index (κ1) is 22.7. The summed E-state index contributed by atoms with van der Waals surface area (Å²) in [4.78, 5) is 26.9. The van der Waals surface area contributed by atoms with Gasteiger partial charge >= 0.3 is 6.18 Å². The van der Waals surface area contributed by atoms with Crippen molar-refractivity contribution in [3.8, 4) is 0 Å². The molecule has 1 saturated heterocycles. The zero-order valence-corrected chi connectivity index (χ0v) is 18.7. The Morgan fingerprint density at radius 2 is 1.85 bits per heavy atom. The summed E-state index contributed by atoms with van der Waals surface area (Å²) in [5.74, 6) is -1.01. The van der Waals surface area contributed by atoms with Crippen molar-refractivity contribution in [2.45, 2.75) is 30.9 Å². The number of halogens is 4. The van der Waals surface area contributed by atoms with Crippen LogP contribution in [0.3, 0.4) is 0 Å². The molecular weight excluding hydrogens is 469 g/mol. The topological polar surface area (TPSA) is 68.2 Å². The molecule has 0 aliphatic carbocycles. The lowest BCUT2D eigenvalue weighted by Crippen LogP contribution is -2.54. The molecule has 0 spiro atoms. The fourth-order valence-electron chi connectivity index (χ4n) is 4.30. The Morgan fingerprint density at radius 3 is 2.53 bits per heavy atom. The summed E-state index contributed by atoms with van der Waals surface area (Å²) in [5.41, 5.74) is 2.05. The van der Waals surface area contributed by atoms with Gasteiger partial charge in [-0.3, -0.25) is 9.78 Å². The highest BCUT2D eigenvalue weighted by Crippen LogP contribution is 2.38. The highest BCUT2D eigenvalue weighted by Gasteiger charge is 2.48. The predicted molar refractivity (Wildman–Crippen MR) is 119 cm³/mol. The average Bonchev–Trinajstić information content (AvgIpc) is 2.79. The summed E-state index contributed by atoms with van der Waals surface area (Å²) in [6, 6.07) is 12.2. The van der Waals surface area contributed by atoms with E-state index in [1.807, 2.05) is 18.2 Å². The molecule has 10 heteroatoms.